The van der Waals surface area contributed by atoms with Crippen LogP contribution in [-0.2, 0) is 9.53 Å². The molecule has 0 saturated carbocycles. The van der Waals surface area contributed by atoms with Gasteiger partial charge in [0.2, 0.25) is 5.91 Å². The minimum Gasteiger partial charge on any atom is -0.497 e. The van der Waals surface area contributed by atoms with Gasteiger partial charge in [0.25, 0.3) is 0 Å². The van der Waals surface area contributed by atoms with Gasteiger partial charge in [-0.1, -0.05) is 12.1 Å². The molecule has 1 amide bonds. The third kappa shape index (κ3) is 4.03. The molecule has 0 aromatic heterocycles. The standard InChI is InChI=1S/C18H26N2O3/c1-22-15-8-6-14(7-9-15)16(20-10-2-3-11-20)13-19-18(21)17-5-4-12-23-17/h6-9,16-17H,2-5,10-13H2,1H3,(H,19,21). The van der Waals surface area contributed by atoms with Crippen LogP contribution in [-0.4, -0.2) is 50.3 Å². The van der Waals surface area contributed by atoms with E-state index in [9.17, 15) is 4.79 Å². The summed E-state index contributed by atoms with van der Waals surface area (Å²) in [6.07, 6.45) is 4.01. The van der Waals surface area contributed by atoms with Crippen molar-refractivity contribution >= 4 is 5.91 Å². The van der Waals surface area contributed by atoms with Gasteiger partial charge in [-0.2, -0.15) is 0 Å². The number of hydrogen-bond donors (Lipinski definition) is 1. The van der Waals surface area contributed by atoms with Crippen molar-refractivity contribution in [1.29, 1.82) is 0 Å². The van der Waals surface area contributed by atoms with Crippen LogP contribution in [0.25, 0.3) is 0 Å². The highest BCUT2D eigenvalue weighted by Gasteiger charge is 2.27. The van der Waals surface area contributed by atoms with E-state index in [-0.39, 0.29) is 18.1 Å². The average molecular weight is 318 g/mol. The van der Waals surface area contributed by atoms with Gasteiger partial charge in [-0.3, -0.25) is 9.69 Å². The number of carbonyl (C=O) groups is 1. The van der Waals surface area contributed by atoms with E-state index in [2.05, 4.69) is 22.3 Å². The van der Waals surface area contributed by atoms with E-state index in [1.807, 2.05) is 12.1 Å². The molecule has 1 N–H and O–H groups in total. The summed E-state index contributed by atoms with van der Waals surface area (Å²) in [4.78, 5) is 14.7. The topological polar surface area (TPSA) is 50.8 Å². The molecule has 2 atom stereocenters. The van der Waals surface area contributed by atoms with Crippen LogP contribution in [0, 0.1) is 0 Å². The number of carbonyl (C=O) groups excluding carboxylic acids is 1. The van der Waals surface area contributed by atoms with Crippen LogP contribution in [0.2, 0.25) is 0 Å². The molecule has 0 spiro atoms. The largest absolute Gasteiger partial charge is 0.497 e. The number of benzene rings is 1. The van der Waals surface area contributed by atoms with E-state index >= 15 is 0 Å². The Morgan fingerprint density at radius 2 is 2.04 bits per heavy atom. The fourth-order valence-electron chi connectivity index (χ4n) is 3.43. The quantitative estimate of drug-likeness (QED) is 0.873. The summed E-state index contributed by atoms with van der Waals surface area (Å²) in [6, 6.07) is 8.38. The second-order valence-electron chi connectivity index (χ2n) is 6.28. The zero-order valence-electron chi connectivity index (χ0n) is 13.8. The molecule has 5 nitrogen and oxygen atoms in total. The zero-order valence-corrected chi connectivity index (χ0v) is 13.8. The van der Waals surface area contributed by atoms with Gasteiger partial charge in [0.15, 0.2) is 0 Å². The van der Waals surface area contributed by atoms with Crippen molar-refractivity contribution in [3.63, 3.8) is 0 Å². The van der Waals surface area contributed by atoms with Gasteiger partial charge < -0.3 is 14.8 Å². The van der Waals surface area contributed by atoms with Gasteiger partial charge in [-0.15, -0.1) is 0 Å². The second kappa shape index (κ2) is 7.79. The maximum atomic E-state index is 12.2. The maximum absolute atomic E-state index is 12.2. The van der Waals surface area contributed by atoms with Crippen molar-refractivity contribution < 1.29 is 14.3 Å². The third-order valence-corrected chi connectivity index (χ3v) is 4.77. The lowest BCUT2D eigenvalue weighted by Gasteiger charge is -2.28. The highest BCUT2D eigenvalue weighted by Crippen LogP contribution is 2.26. The first-order valence-electron chi connectivity index (χ1n) is 8.55. The number of ether oxygens (including phenoxy) is 2. The van der Waals surface area contributed by atoms with Crippen LogP contribution < -0.4 is 10.1 Å². The van der Waals surface area contributed by atoms with E-state index in [0.717, 1.165) is 31.7 Å². The normalized spacial score (nSPS) is 22.9. The molecule has 126 valence electrons. The summed E-state index contributed by atoms with van der Waals surface area (Å²) in [6.45, 7) is 3.51. The Bertz CT molecular complexity index is 506. The Kier molecular flexibility index (Phi) is 5.51. The summed E-state index contributed by atoms with van der Waals surface area (Å²) in [5, 5.41) is 3.09. The Hall–Kier alpha value is -1.59. The third-order valence-electron chi connectivity index (χ3n) is 4.77. The van der Waals surface area contributed by atoms with Crippen LogP contribution in [0.5, 0.6) is 5.75 Å². The lowest BCUT2D eigenvalue weighted by atomic mass is 10.0. The molecule has 2 fully saturated rings. The zero-order chi connectivity index (χ0) is 16.1. The molecule has 2 saturated heterocycles. The minimum atomic E-state index is -0.259. The summed E-state index contributed by atoms with van der Waals surface area (Å²) in [5.74, 6) is 0.887. The van der Waals surface area contributed by atoms with Crippen LogP contribution >= 0.6 is 0 Å². The predicted molar refractivity (Wildman–Crippen MR) is 88.5 cm³/mol. The number of hydrogen-bond acceptors (Lipinski definition) is 4. The minimum absolute atomic E-state index is 0.0280. The van der Waals surface area contributed by atoms with Crippen molar-refractivity contribution in [2.75, 3.05) is 33.4 Å². The van der Waals surface area contributed by atoms with Crippen molar-refractivity contribution in [2.24, 2.45) is 0 Å². The fraction of sp³-hybridized carbons (Fsp3) is 0.611. The molecule has 23 heavy (non-hydrogen) atoms. The van der Waals surface area contributed by atoms with E-state index in [4.69, 9.17) is 9.47 Å². The van der Waals surface area contributed by atoms with Gasteiger partial charge in [-0.05, 0) is 56.5 Å². The van der Waals surface area contributed by atoms with Crippen LogP contribution in [0.4, 0.5) is 0 Å². The SMILES string of the molecule is COc1ccc(C(CNC(=O)C2CCCO2)N2CCCC2)cc1. The molecule has 2 aliphatic heterocycles. The molecule has 1 aromatic carbocycles. The smallest absolute Gasteiger partial charge is 0.249 e. The van der Waals surface area contributed by atoms with E-state index in [1.165, 1.54) is 18.4 Å². The fourth-order valence-corrected chi connectivity index (χ4v) is 3.43. The molecule has 3 rings (SSSR count). The Morgan fingerprint density at radius 3 is 2.65 bits per heavy atom. The molecule has 0 radical (unpaired) electrons. The maximum Gasteiger partial charge on any atom is 0.249 e. The Balaban J connectivity index is 1.66. The number of amides is 1. The van der Waals surface area contributed by atoms with Crippen LogP contribution in [0.15, 0.2) is 24.3 Å². The summed E-state index contributed by atoms with van der Waals surface area (Å²) < 4.78 is 10.7. The van der Waals surface area contributed by atoms with Gasteiger partial charge in [0, 0.05) is 13.2 Å². The highest BCUT2D eigenvalue weighted by atomic mass is 16.5. The lowest BCUT2D eigenvalue weighted by Crippen LogP contribution is -2.40. The summed E-state index contributed by atoms with van der Waals surface area (Å²) >= 11 is 0. The number of nitrogens with one attached hydrogen (secondary N) is 1. The number of nitrogens with zero attached hydrogens (tertiary/aromatic N) is 1. The molecule has 0 aliphatic carbocycles. The van der Waals surface area contributed by atoms with Gasteiger partial charge >= 0.3 is 0 Å². The van der Waals surface area contributed by atoms with Gasteiger partial charge in [0.1, 0.15) is 11.9 Å². The van der Waals surface area contributed by atoms with Crippen molar-refractivity contribution in [3.8, 4) is 5.75 Å². The molecule has 2 aliphatic rings. The van der Waals surface area contributed by atoms with Crippen molar-refractivity contribution in [3.05, 3.63) is 29.8 Å². The van der Waals surface area contributed by atoms with E-state index < -0.39 is 0 Å². The predicted octanol–water partition coefficient (Wildman–Crippen LogP) is 2.13. The first kappa shape index (κ1) is 16.3. The molecule has 1 aromatic rings. The molecular weight excluding hydrogens is 292 g/mol. The molecule has 5 heteroatoms. The number of rotatable bonds is 6. The highest BCUT2D eigenvalue weighted by molar-refractivity contribution is 5.81. The first-order valence-corrected chi connectivity index (χ1v) is 8.55. The molecule has 2 heterocycles. The van der Waals surface area contributed by atoms with Gasteiger partial charge in [-0.25, -0.2) is 0 Å². The summed E-state index contributed by atoms with van der Waals surface area (Å²) in [7, 11) is 1.68. The first-order chi connectivity index (χ1) is 11.3. The Morgan fingerprint density at radius 1 is 1.30 bits per heavy atom. The number of methoxy groups -OCH3 is 1. The molecule has 0 bridgehead atoms. The van der Waals surface area contributed by atoms with Crippen LogP contribution in [0.1, 0.15) is 37.3 Å². The van der Waals surface area contributed by atoms with Gasteiger partial charge in [0.05, 0.1) is 13.2 Å². The number of likely N-dealkylation sites (tertiary alicyclic amines) is 1. The van der Waals surface area contributed by atoms with E-state index in [1.54, 1.807) is 7.11 Å². The average Bonchev–Trinajstić information content (AvgIpc) is 3.29. The van der Waals surface area contributed by atoms with Crippen LogP contribution in [0.3, 0.4) is 0 Å². The Labute approximate surface area is 137 Å². The summed E-state index contributed by atoms with van der Waals surface area (Å²) in [5.41, 5.74) is 1.22. The molecule has 2 unspecified atom stereocenters. The molecular formula is C18H26N2O3. The lowest BCUT2D eigenvalue weighted by molar-refractivity contribution is -0.130. The van der Waals surface area contributed by atoms with E-state index in [0.29, 0.717) is 13.2 Å². The monoisotopic (exact) mass is 318 g/mol. The second-order valence-corrected chi connectivity index (χ2v) is 6.28. The van der Waals surface area contributed by atoms with Crippen molar-refractivity contribution in [1.82, 2.24) is 10.2 Å². The van der Waals surface area contributed by atoms with Crippen molar-refractivity contribution in [2.45, 2.75) is 37.8 Å².